The van der Waals surface area contributed by atoms with Gasteiger partial charge < -0.3 is 25.2 Å². The molecule has 0 aliphatic heterocycles. The van der Waals surface area contributed by atoms with Gasteiger partial charge in [-0.2, -0.15) is 0 Å². The highest BCUT2D eigenvalue weighted by atomic mass is 16.6. The zero-order valence-corrected chi connectivity index (χ0v) is 6.63. The van der Waals surface area contributed by atoms with Crippen molar-refractivity contribution in [3.05, 3.63) is 0 Å². The van der Waals surface area contributed by atoms with Gasteiger partial charge in [-0.15, -0.1) is 0 Å². The number of carboxylic acid groups (broad SMARTS) is 1. The highest BCUT2D eigenvalue weighted by Crippen LogP contribution is 2.07. The Morgan fingerprint density at radius 3 is 2.23 bits per heavy atom. The first kappa shape index (κ1) is 11.8. The lowest BCUT2D eigenvalue weighted by molar-refractivity contribution is -0.214. The second-order valence-electron chi connectivity index (χ2n) is 2.25. The average molecular weight is 194 g/mol. The van der Waals surface area contributed by atoms with Gasteiger partial charge in [0, 0.05) is 0 Å². The molecule has 13 heavy (non-hydrogen) atoms. The van der Waals surface area contributed by atoms with Crippen LogP contribution in [0.2, 0.25) is 0 Å². The van der Waals surface area contributed by atoms with Crippen LogP contribution in [-0.2, 0) is 14.3 Å². The van der Waals surface area contributed by atoms with E-state index in [9.17, 15) is 9.59 Å². The van der Waals surface area contributed by atoms with E-state index in [0.717, 1.165) is 0 Å². The maximum Gasteiger partial charge on any atom is 0.367 e. The Hall–Kier alpha value is -1.18. The average Bonchev–Trinajstić information content (AvgIpc) is 1.97. The van der Waals surface area contributed by atoms with Crippen LogP contribution in [0.3, 0.4) is 0 Å². The minimum Gasteiger partial charge on any atom is -0.481 e. The Bertz CT molecular complexity index is 197. The zero-order chi connectivity index (χ0) is 10.5. The summed E-state index contributed by atoms with van der Waals surface area (Å²) in [6.07, 6.45) is -1.17. The molecule has 7 nitrogen and oxygen atoms in total. The van der Waals surface area contributed by atoms with Crippen molar-refractivity contribution in [3.8, 4) is 0 Å². The minimum atomic E-state index is -3.04. The first-order valence-corrected chi connectivity index (χ1v) is 3.35. The molecule has 0 bridgehead atoms. The third-order valence-electron chi connectivity index (χ3n) is 1.05. The summed E-state index contributed by atoms with van der Waals surface area (Å²) in [4.78, 5) is 20.7. The number of ether oxygens (including phenoxy) is 1. The Balaban J connectivity index is 4.10. The molecule has 0 aromatic heterocycles. The first-order chi connectivity index (χ1) is 5.90. The summed E-state index contributed by atoms with van der Waals surface area (Å²) in [6, 6.07) is 0. The Morgan fingerprint density at radius 1 is 1.31 bits per heavy atom. The number of carbonyl (C=O) groups is 2. The number of hydrogen-bond donors (Lipinski definition) is 4. The molecular weight excluding hydrogens is 184 g/mol. The number of aliphatic hydroxyl groups is 3. The first-order valence-electron chi connectivity index (χ1n) is 3.35. The van der Waals surface area contributed by atoms with Crippen molar-refractivity contribution in [1.82, 2.24) is 0 Å². The van der Waals surface area contributed by atoms with Crippen molar-refractivity contribution >= 4 is 11.9 Å². The molecule has 7 heteroatoms. The topological polar surface area (TPSA) is 124 Å². The fourth-order valence-electron chi connectivity index (χ4n) is 0.537. The highest BCUT2D eigenvalue weighted by Gasteiger charge is 2.37. The van der Waals surface area contributed by atoms with E-state index < -0.39 is 37.4 Å². The maximum atomic E-state index is 10.7. The van der Waals surface area contributed by atoms with Crippen LogP contribution in [0.5, 0.6) is 0 Å². The van der Waals surface area contributed by atoms with Crippen molar-refractivity contribution < 1.29 is 34.8 Å². The van der Waals surface area contributed by atoms with Gasteiger partial charge in [0.15, 0.2) is 0 Å². The molecule has 4 N–H and O–H groups in total. The number of carboxylic acids is 1. The van der Waals surface area contributed by atoms with Crippen LogP contribution >= 0.6 is 0 Å². The van der Waals surface area contributed by atoms with Gasteiger partial charge in [0.25, 0.3) is 5.79 Å². The second-order valence-corrected chi connectivity index (χ2v) is 2.25. The molecular formula is C6H10O7. The van der Waals surface area contributed by atoms with Gasteiger partial charge in [-0.25, -0.2) is 4.79 Å². The van der Waals surface area contributed by atoms with Crippen LogP contribution in [0.4, 0.5) is 0 Å². The lowest BCUT2D eigenvalue weighted by Crippen LogP contribution is -2.42. The molecule has 0 rings (SSSR count). The third kappa shape index (κ3) is 4.41. The number of rotatable bonds is 5. The predicted molar refractivity (Wildman–Crippen MR) is 37.5 cm³/mol. The van der Waals surface area contributed by atoms with Crippen LogP contribution in [0, 0.1) is 0 Å². The van der Waals surface area contributed by atoms with Gasteiger partial charge in [-0.05, 0) is 0 Å². The smallest absolute Gasteiger partial charge is 0.367 e. The predicted octanol–water partition coefficient (Wildman–Crippen LogP) is -2.32. The number of aliphatic hydroxyl groups excluding tert-OH is 1. The molecule has 0 spiro atoms. The monoisotopic (exact) mass is 194 g/mol. The van der Waals surface area contributed by atoms with Crippen LogP contribution in [0.15, 0.2) is 0 Å². The fourth-order valence-corrected chi connectivity index (χ4v) is 0.537. The van der Waals surface area contributed by atoms with Crippen LogP contribution in [-0.4, -0.2) is 51.4 Å². The Morgan fingerprint density at radius 2 is 1.85 bits per heavy atom. The number of hydrogen-bond acceptors (Lipinski definition) is 6. The molecule has 76 valence electrons. The van der Waals surface area contributed by atoms with Gasteiger partial charge in [-0.1, -0.05) is 0 Å². The molecule has 0 heterocycles. The normalized spacial score (nSPS) is 11.0. The third-order valence-corrected chi connectivity index (χ3v) is 1.05. The van der Waals surface area contributed by atoms with E-state index in [2.05, 4.69) is 4.74 Å². The minimum absolute atomic E-state index is 0.415. The van der Waals surface area contributed by atoms with Gasteiger partial charge in [-0.3, -0.25) is 4.79 Å². The van der Waals surface area contributed by atoms with Crippen LogP contribution in [0.1, 0.15) is 6.42 Å². The van der Waals surface area contributed by atoms with Gasteiger partial charge in [0.1, 0.15) is 13.0 Å². The van der Waals surface area contributed by atoms with Gasteiger partial charge in [0.05, 0.1) is 6.61 Å². The SMILES string of the molecule is O=C(O)CC(O)(O)C(=O)OCCO. The number of carbonyl (C=O) groups excluding carboxylic acids is 1. The molecule has 0 fully saturated rings. The van der Waals surface area contributed by atoms with Crippen molar-refractivity contribution in [2.24, 2.45) is 0 Å². The lowest BCUT2D eigenvalue weighted by Gasteiger charge is -2.16. The van der Waals surface area contributed by atoms with E-state index in [-0.39, 0.29) is 0 Å². The highest BCUT2D eigenvalue weighted by molar-refractivity contribution is 5.83. The zero-order valence-electron chi connectivity index (χ0n) is 6.63. The van der Waals surface area contributed by atoms with Crippen molar-refractivity contribution in [2.45, 2.75) is 12.2 Å². The van der Waals surface area contributed by atoms with E-state index in [4.69, 9.17) is 20.4 Å². The van der Waals surface area contributed by atoms with E-state index in [1.54, 1.807) is 0 Å². The summed E-state index contributed by atoms with van der Waals surface area (Å²) in [5.74, 6) is -6.09. The Labute approximate surface area is 73.2 Å². The van der Waals surface area contributed by atoms with E-state index in [1.807, 2.05) is 0 Å². The summed E-state index contributed by atoms with van der Waals surface area (Å²) in [5.41, 5.74) is 0. The summed E-state index contributed by atoms with van der Waals surface area (Å²) in [7, 11) is 0. The van der Waals surface area contributed by atoms with Crippen molar-refractivity contribution in [3.63, 3.8) is 0 Å². The van der Waals surface area contributed by atoms with Crippen molar-refractivity contribution in [2.75, 3.05) is 13.2 Å². The molecule has 0 amide bonds. The van der Waals surface area contributed by atoms with Crippen molar-refractivity contribution in [1.29, 1.82) is 0 Å². The quantitative estimate of drug-likeness (QED) is 0.286. The molecule has 0 saturated heterocycles. The molecule has 0 saturated carbocycles. The summed E-state index contributed by atoms with van der Waals surface area (Å²) >= 11 is 0. The molecule has 0 aromatic carbocycles. The maximum absolute atomic E-state index is 10.7. The number of aliphatic carboxylic acids is 1. The largest absolute Gasteiger partial charge is 0.481 e. The molecule has 0 atom stereocenters. The fraction of sp³-hybridized carbons (Fsp3) is 0.667. The molecule has 0 radical (unpaired) electrons. The van der Waals surface area contributed by atoms with Crippen LogP contribution in [0.25, 0.3) is 0 Å². The molecule has 0 unspecified atom stereocenters. The molecule has 0 aliphatic rings. The van der Waals surface area contributed by atoms with E-state index >= 15 is 0 Å². The summed E-state index contributed by atoms with van der Waals surface area (Å²) < 4.78 is 4.10. The summed E-state index contributed by atoms with van der Waals surface area (Å²) in [5, 5.41) is 33.9. The van der Waals surface area contributed by atoms with Crippen LogP contribution < -0.4 is 0 Å². The van der Waals surface area contributed by atoms with E-state index in [0.29, 0.717) is 0 Å². The van der Waals surface area contributed by atoms with Gasteiger partial charge >= 0.3 is 11.9 Å². The second kappa shape index (κ2) is 4.75. The molecule has 0 aliphatic carbocycles. The lowest BCUT2D eigenvalue weighted by atomic mass is 10.2. The number of esters is 1. The molecule has 0 aromatic rings. The summed E-state index contributed by atoms with van der Waals surface area (Å²) in [6.45, 7) is -0.893. The Kier molecular flexibility index (Phi) is 4.32. The standard InChI is InChI=1S/C6H10O7/c7-1-2-13-5(10)6(11,12)3-4(8)9/h7,11-12H,1-3H2,(H,8,9). The van der Waals surface area contributed by atoms with Gasteiger partial charge in [0.2, 0.25) is 0 Å². The van der Waals surface area contributed by atoms with E-state index in [1.165, 1.54) is 0 Å².